The summed E-state index contributed by atoms with van der Waals surface area (Å²) < 4.78 is 33.5. The number of nitrogens with one attached hydrogen (secondary N) is 1. The van der Waals surface area contributed by atoms with Crippen molar-refractivity contribution in [3.05, 3.63) is 83.8 Å². The Hall–Kier alpha value is -3.39. The lowest BCUT2D eigenvalue weighted by atomic mass is 10.0. The molecule has 1 N–H and O–H groups in total. The molecule has 1 atom stereocenters. The number of rotatable bonds is 5. The zero-order valence-electron chi connectivity index (χ0n) is 16.6. The Labute approximate surface area is 175 Å². The summed E-state index contributed by atoms with van der Waals surface area (Å²) in [4.78, 5) is 12.2. The van der Waals surface area contributed by atoms with Crippen LogP contribution in [0.2, 0.25) is 0 Å². The molecule has 8 heteroatoms. The normalized spacial score (nSPS) is 16.4. The fourth-order valence-electron chi connectivity index (χ4n) is 3.37. The number of benzene rings is 2. The lowest BCUT2D eigenvalue weighted by Gasteiger charge is -2.17. The van der Waals surface area contributed by atoms with Crippen LogP contribution in [0.4, 0.5) is 5.69 Å². The molecule has 154 valence electrons. The van der Waals surface area contributed by atoms with E-state index in [1.807, 2.05) is 19.1 Å². The van der Waals surface area contributed by atoms with Crippen LogP contribution < -0.4 is 4.72 Å². The van der Waals surface area contributed by atoms with Crippen molar-refractivity contribution in [2.45, 2.75) is 31.2 Å². The number of hydrogen-bond acceptors (Lipinski definition) is 5. The molecule has 4 rings (SSSR count). The van der Waals surface area contributed by atoms with E-state index in [1.165, 1.54) is 11.9 Å². The summed E-state index contributed by atoms with van der Waals surface area (Å²) in [7, 11) is -3.71. The van der Waals surface area contributed by atoms with E-state index in [2.05, 4.69) is 9.82 Å². The average Bonchev–Trinajstić information content (AvgIpc) is 3.38. The number of furan rings is 1. The molecule has 7 nitrogen and oxygen atoms in total. The molecular formula is C22H21N3O4S. The van der Waals surface area contributed by atoms with Crippen LogP contribution in [0.5, 0.6) is 0 Å². The molecule has 0 bridgehead atoms. The molecule has 2 heterocycles. The number of sulfonamides is 1. The summed E-state index contributed by atoms with van der Waals surface area (Å²) in [6.07, 6.45) is 2.04. The number of amides is 1. The van der Waals surface area contributed by atoms with Gasteiger partial charge in [0, 0.05) is 19.0 Å². The lowest BCUT2D eigenvalue weighted by Crippen LogP contribution is -2.23. The molecule has 3 aromatic rings. The molecule has 0 unspecified atom stereocenters. The monoisotopic (exact) mass is 423 g/mol. The van der Waals surface area contributed by atoms with E-state index < -0.39 is 10.0 Å². The molecule has 1 amide bonds. The van der Waals surface area contributed by atoms with Gasteiger partial charge in [-0.2, -0.15) is 5.10 Å². The predicted octanol–water partition coefficient (Wildman–Crippen LogP) is 4.09. The Balaban J connectivity index is 1.60. The maximum atomic E-state index is 12.7. The van der Waals surface area contributed by atoms with Gasteiger partial charge in [0.05, 0.1) is 16.9 Å². The highest BCUT2D eigenvalue weighted by Crippen LogP contribution is 2.33. The molecule has 0 radical (unpaired) electrons. The van der Waals surface area contributed by atoms with E-state index >= 15 is 0 Å². The Bertz CT molecular complexity index is 1200. The molecule has 0 spiro atoms. The molecule has 1 aromatic heterocycles. The van der Waals surface area contributed by atoms with E-state index in [0.29, 0.717) is 23.6 Å². The van der Waals surface area contributed by atoms with Crippen LogP contribution >= 0.6 is 0 Å². The van der Waals surface area contributed by atoms with E-state index in [0.717, 1.165) is 11.1 Å². The van der Waals surface area contributed by atoms with Crippen molar-refractivity contribution >= 4 is 27.3 Å². The maximum absolute atomic E-state index is 12.7. The van der Waals surface area contributed by atoms with Gasteiger partial charge in [-0.25, -0.2) is 13.4 Å². The molecule has 30 heavy (non-hydrogen) atoms. The van der Waals surface area contributed by atoms with Gasteiger partial charge in [-0.3, -0.25) is 9.52 Å². The van der Waals surface area contributed by atoms with Crippen molar-refractivity contribution in [2.75, 3.05) is 4.72 Å². The molecule has 0 fully saturated rings. The molecule has 1 aliphatic rings. The van der Waals surface area contributed by atoms with Crippen molar-refractivity contribution in [3.63, 3.8) is 0 Å². The van der Waals surface area contributed by atoms with Crippen LogP contribution in [0.25, 0.3) is 0 Å². The number of nitrogens with zero attached hydrogens (tertiary/aromatic N) is 2. The Morgan fingerprint density at radius 2 is 1.90 bits per heavy atom. The Kier molecular flexibility index (Phi) is 5.17. The standard InChI is InChI=1S/C22H21N3O4S/c1-15-8-10-19(11-9-15)30(27,28)24-18-6-3-5-17(13-18)20-14-21(22-7-4-12-29-22)25(23-20)16(2)26/h3-13,21,24H,14H2,1-2H3/t21-/m0/s1. The van der Waals surface area contributed by atoms with Gasteiger partial charge in [0.2, 0.25) is 5.91 Å². The van der Waals surface area contributed by atoms with Gasteiger partial charge in [0.15, 0.2) is 0 Å². The molecule has 0 aliphatic carbocycles. The third-order valence-corrected chi connectivity index (χ3v) is 6.28. The van der Waals surface area contributed by atoms with E-state index in [1.54, 1.807) is 54.8 Å². The first-order chi connectivity index (χ1) is 14.3. The van der Waals surface area contributed by atoms with Gasteiger partial charge < -0.3 is 4.42 Å². The maximum Gasteiger partial charge on any atom is 0.261 e. The topological polar surface area (TPSA) is 92.0 Å². The van der Waals surface area contributed by atoms with Gasteiger partial charge in [-0.05, 0) is 48.9 Å². The summed E-state index contributed by atoms with van der Waals surface area (Å²) in [5.41, 5.74) is 2.82. The largest absolute Gasteiger partial charge is 0.467 e. The van der Waals surface area contributed by atoms with E-state index in [-0.39, 0.29) is 16.8 Å². The second kappa shape index (κ2) is 7.79. The molecule has 0 saturated carbocycles. The minimum Gasteiger partial charge on any atom is -0.467 e. The van der Waals surface area contributed by atoms with Crippen molar-refractivity contribution in [3.8, 4) is 0 Å². The highest BCUT2D eigenvalue weighted by Gasteiger charge is 2.33. The molecule has 1 aliphatic heterocycles. The number of hydrogen-bond donors (Lipinski definition) is 1. The lowest BCUT2D eigenvalue weighted by molar-refractivity contribution is -0.130. The van der Waals surface area contributed by atoms with Gasteiger partial charge in [0.25, 0.3) is 10.0 Å². The second-order valence-electron chi connectivity index (χ2n) is 7.14. The number of anilines is 1. The summed E-state index contributed by atoms with van der Waals surface area (Å²) in [6, 6.07) is 16.9. The van der Waals surface area contributed by atoms with Gasteiger partial charge in [0.1, 0.15) is 11.8 Å². The zero-order chi connectivity index (χ0) is 21.3. The average molecular weight is 423 g/mol. The summed E-state index contributed by atoms with van der Waals surface area (Å²) in [6.45, 7) is 3.35. The number of hydrazone groups is 1. The Morgan fingerprint density at radius 1 is 1.13 bits per heavy atom. The fraction of sp³-hybridized carbons (Fsp3) is 0.182. The van der Waals surface area contributed by atoms with Gasteiger partial charge >= 0.3 is 0 Å². The number of carbonyl (C=O) groups is 1. The SMILES string of the molecule is CC(=O)N1N=C(c2cccc(NS(=O)(=O)c3ccc(C)cc3)c2)C[C@H]1c1ccco1. The van der Waals surface area contributed by atoms with Crippen LogP contribution in [0.1, 0.15) is 36.3 Å². The quantitative estimate of drug-likeness (QED) is 0.669. The van der Waals surface area contributed by atoms with Crippen molar-refractivity contribution in [1.29, 1.82) is 0 Å². The highest BCUT2D eigenvalue weighted by molar-refractivity contribution is 7.92. The first-order valence-corrected chi connectivity index (χ1v) is 10.9. The van der Waals surface area contributed by atoms with Gasteiger partial charge in [-0.15, -0.1) is 0 Å². The molecule has 0 saturated heterocycles. The third-order valence-electron chi connectivity index (χ3n) is 4.88. The van der Waals surface area contributed by atoms with E-state index in [4.69, 9.17) is 4.42 Å². The minimum absolute atomic E-state index is 0.192. The van der Waals surface area contributed by atoms with Crippen LogP contribution in [0, 0.1) is 6.92 Å². The van der Waals surface area contributed by atoms with Crippen molar-refractivity contribution < 1.29 is 17.6 Å². The smallest absolute Gasteiger partial charge is 0.261 e. The number of carbonyl (C=O) groups excluding carboxylic acids is 1. The Morgan fingerprint density at radius 3 is 2.57 bits per heavy atom. The second-order valence-corrected chi connectivity index (χ2v) is 8.83. The first kappa shape index (κ1) is 19.9. The summed E-state index contributed by atoms with van der Waals surface area (Å²) >= 11 is 0. The predicted molar refractivity (Wildman–Crippen MR) is 114 cm³/mol. The zero-order valence-corrected chi connectivity index (χ0v) is 17.4. The highest BCUT2D eigenvalue weighted by atomic mass is 32.2. The van der Waals surface area contributed by atoms with Crippen LogP contribution in [-0.4, -0.2) is 25.0 Å². The van der Waals surface area contributed by atoms with Gasteiger partial charge in [-0.1, -0.05) is 29.8 Å². The van der Waals surface area contributed by atoms with Crippen LogP contribution in [-0.2, 0) is 14.8 Å². The number of aryl methyl sites for hydroxylation is 1. The summed E-state index contributed by atoms with van der Waals surface area (Å²) in [5, 5.41) is 5.86. The van der Waals surface area contributed by atoms with Crippen molar-refractivity contribution in [1.82, 2.24) is 5.01 Å². The fourth-order valence-corrected chi connectivity index (χ4v) is 4.42. The summed E-state index contributed by atoms with van der Waals surface area (Å²) in [5.74, 6) is 0.461. The van der Waals surface area contributed by atoms with Crippen LogP contribution in [0.3, 0.4) is 0 Å². The first-order valence-electron chi connectivity index (χ1n) is 9.44. The molecule has 2 aromatic carbocycles. The van der Waals surface area contributed by atoms with E-state index in [9.17, 15) is 13.2 Å². The third kappa shape index (κ3) is 3.99. The minimum atomic E-state index is -3.71. The van der Waals surface area contributed by atoms with Crippen molar-refractivity contribution in [2.24, 2.45) is 5.10 Å². The molecular weight excluding hydrogens is 402 g/mol. The van der Waals surface area contributed by atoms with Crippen LogP contribution in [0.15, 0.2) is 81.3 Å².